The summed E-state index contributed by atoms with van der Waals surface area (Å²) in [6, 6.07) is 27.9. The number of carbonyl (C=O) groups is 2. The van der Waals surface area contributed by atoms with Crippen molar-refractivity contribution in [2.45, 2.75) is 38.0 Å². The number of ether oxygens (including phenoxy) is 2. The zero-order valence-corrected chi connectivity index (χ0v) is 24.3. The summed E-state index contributed by atoms with van der Waals surface area (Å²) in [5.41, 5.74) is 5.92. The van der Waals surface area contributed by atoms with E-state index < -0.39 is 28.2 Å². The maximum atomic E-state index is 13.2. The molecule has 1 aliphatic carbocycles. The third-order valence-corrected chi connectivity index (χ3v) is 8.13. The molecular weight excluding hydrogens is 568 g/mol. The zero-order valence-electron chi connectivity index (χ0n) is 23.5. The summed E-state index contributed by atoms with van der Waals surface area (Å²) in [6.07, 6.45) is 3.13. The van der Waals surface area contributed by atoms with E-state index in [9.17, 15) is 18.0 Å². The van der Waals surface area contributed by atoms with Crippen LogP contribution in [-0.4, -0.2) is 43.4 Å². The van der Waals surface area contributed by atoms with Crippen LogP contribution in [0.5, 0.6) is 0 Å². The highest BCUT2D eigenvalue weighted by atomic mass is 32.2. The van der Waals surface area contributed by atoms with Crippen molar-refractivity contribution < 1.29 is 36.6 Å². The molecule has 4 aromatic rings. The Labute approximate surface area is 250 Å². The lowest BCUT2D eigenvalue weighted by Gasteiger charge is -2.19. The second kappa shape index (κ2) is 13.6. The Bertz CT molecular complexity index is 1650. The molecule has 1 heterocycles. The summed E-state index contributed by atoms with van der Waals surface area (Å²) in [5, 5.41) is 2.70. The van der Waals surface area contributed by atoms with Crippen LogP contribution in [0.3, 0.4) is 0 Å². The first-order valence-corrected chi connectivity index (χ1v) is 15.6. The van der Waals surface area contributed by atoms with E-state index in [0.29, 0.717) is 6.54 Å². The average Bonchev–Trinajstić information content (AvgIpc) is 3.32. The maximum Gasteiger partial charge on any atom is 0.407 e. The Morgan fingerprint density at radius 3 is 2.14 bits per heavy atom. The van der Waals surface area contributed by atoms with E-state index in [0.717, 1.165) is 33.4 Å². The fourth-order valence-electron chi connectivity index (χ4n) is 5.31. The molecule has 0 radical (unpaired) electrons. The number of hydrogen-bond acceptors (Lipinski definition) is 6. The van der Waals surface area contributed by atoms with E-state index in [1.807, 2.05) is 66.7 Å². The van der Waals surface area contributed by atoms with Gasteiger partial charge in [0.2, 0.25) is 0 Å². The highest BCUT2D eigenvalue weighted by Crippen LogP contribution is 2.44. The van der Waals surface area contributed by atoms with E-state index in [1.165, 1.54) is 0 Å². The highest BCUT2D eigenvalue weighted by molar-refractivity contribution is 7.85. The molecule has 0 aliphatic heterocycles. The molecule has 0 saturated heterocycles. The first kappa shape index (κ1) is 29.9. The standard InChI is InChI=1S/C33H32N2O7S/c36-32(41-22-24-10-2-1-3-11-24)31(20-25-12-8-17-35(21-25)18-9-19-43(38,39)40)34-33(37)42-23-30-28-15-6-4-13-26(28)27-14-5-7-16-29(27)30/h1-8,10-17,21,30-31H,9,18-20,22-23H2,(H-,34,37,38,39,40)/p+1/t31-/m1/s1. The number of amides is 1. The zero-order chi connectivity index (χ0) is 30.2. The van der Waals surface area contributed by atoms with Gasteiger partial charge in [-0.05, 0) is 33.9 Å². The number of nitrogens with one attached hydrogen (secondary N) is 1. The molecule has 10 heteroatoms. The molecule has 222 valence electrons. The fraction of sp³-hybridized carbons (Fsp3) is 0.242. The van der Waals surface area contributed by atoms with Crippen LogP contribution in [0, 0.1) is 0 Å². The second-order valence-corrected chi connectivity index (χ2v) is 12.0. The van der Waals surface area contributed by atoms with E-state index in [-0.39, 0.29) is 37.7 Å². The van der Waals surface area contributed by atoms with Crippen molar-refractivity contribution in [1.29, 1.82) is 0 Å². The largest absolute Gasteiger partial charge is 0.459 e. The average molecular weight is 602 g/mol. The molecular formula is C33H33N2O7S+. The first-order valence-electron chi connectivity index (χ1n) is 14.0. The molecule has 43 heavy (non-hydrogen) atoms. The number of pyridine rings is 1. The molecule has 2 N–H and O–H groups in total. The van der Waals surface area contributed by atoms with E-state index in [2.05, 4.69) is 17.4 Å². The van der Waals surface area contributed by atoms with Gasteiger partial charge in [0, 0.05) is 30.4 Å². The molecule has 0 fully saturated rings. The minimum Gasteiger partial charge on any atom is -0.459 e. The third-order valence-electron chi connectivity index (χ3n) is 7.32. The van der Waals surface area contributed by atoms with Crippen LogP contribution < -0.4 is 9.88 Å². The van der Waals surface area contributed by atoms with Crippen LogP contribution >= 0.6 is 0 Å². The summed E-state index contributed by atoms with van der Waals surface area (Å²) in [5.74, 6) is -1.10. The Hall–Kier alpha value is -4.54. The SMILES string of the molecule is O=C(N[C@H](Cc1ccc[n+](CCCS(=O)(=O)O)c1)C(=O)OCc1ccccc1)OCC1c2ccccc2-c2ccccc21. The number of rotatable bonds is 12. The Kier molecular flexibility index (Phi) is 9.48. The van der Waals surface area contributed by atoms with E-state index in [4.69, 9.17) is 14.0 Å². The van der Waals surface area contributed by atoms with Crippen LogP contribution in [0.4, 0.5) is 4.79 Å². The van der Waals surface area contributed by atoms with Gasteiger partial charge in [0.05, 0.1) is 5.75 Å². The van der Waals surface area contributed by atoms with Gasteiger partial charge in [0.1, 0.15) is 25.8 Å². The maximum absolute atomic E-state index is 13.2. The van der Waals surface area contributed by atoms with Gasteiger partial charge in [-0.1, -0.05) is 78.9 Å². The molecule has 1 amide bonds. The monoisotopic (exact) mass is 601 g/mol. The lowest BCUT2D eigenvalue weighted by atomic mass is 9.98. The smallest absolute Gasteiger partial charge is 0.407 e. The molecule has 0 unspecified atom stereocenters. The highest BCUT2D eigenvalue weighted by Gasteiger charge is 2.30. The fourth-order valence-corrected chi connectivity index (χ4v) is 5.80. The Balaban J connectivity index is 1.27. The minimum absolute atomic E-state index is 0.0486. The van der Waals surface area contributed by atoms with Crippen LogP contribution in [0.15, 0.2) is 103 Å². The number of benzene rings is 3. The molecule has 0 bridgehead atoms. The summed E-state index contributed by atoms with van der Waals surface area (Å²) < 4.78 is 44.2. The van der Waals surface area contributed by atoms with E-state index >= 15 is 0 Å². The summed E-state index contributed by atoms with van der Waals surface area (Å²) in [6.45, 7) is 0.494. The predicted molar refractivity (Wildman–Crippen MR) is 160 cm³/mol. The van der Waals surface area contributed by atoms with Gasteiger partial charge >= 0.3 is 12.1 Å². The number of carbonyl (C=O) groups excluding carboxylic acids is 2. The first-order chi connectivity index (χ1) is 20.8. The van der Waals surface area contributed by atoms with Gasteiger partial charge < -0.3 is 14.8 Å². The lowest BCUT2D eigenvalue weighted by molar-refractivity contribution is -0.697. The molecule has 1 aliphatic rings. The molecule has 3 aromatic carbocycles. The van der Waals surface area contributed by atoms with E-state index in [1.54, 1.807) is 29.1 Å². The lowest BCUT2D eigenvalue weighted by Crippen LogP contribution is -2.44. The van der Waals surface area contributed by atoms with Crippen molar-refractivity contribution >= 4 is 22.2 Å². The van der Waals surface area contributed by atoms with Gasteiger partial charge in [-0.2, -0.15) is 8.42 Å². The van der Waals surface area contributed by atoms with Crippen molar-refractivity contribution in [2.75, 3.05) is 12.4 Å². The number of nitrogens with zero attached hydrogens (tertiary/aromatic N) is 1. The molecule has 9 nitrogen and oxygen atoms in total. The number of alkyl carbamates (subject to hydrolysis) is 1. The number of aryl methyl sites for hydroxylation is 1. The molecule has 5 rings (SSSR count). The summed E-state index contributed by atoms with van der Waals surface area (Å²) in [7, 11) is -4.06. The molecule has 0 saturated carbocycles. The van der Waals surface area contributed by atoms with Crippen LogP contribution in [0.25, 0.3) is 11.1 Å². The molecule has 1 atom stereocenters. The molecule has 0 spiro atoms. The van der Waals surface area contributed by atoms with Gasteiger partial charge in [-0.15, -0.1) is 0 Å². The Morgan fingerprint density at radius 1 is 0.837 bits per heavy atom. The normalized spacial score (nSPS) is 13.0. The van der Waals surface area contributed by atoms with Gasteiger partial charge in [-0.25, -0.2) is 14.2 Å². The van der Waals surface area contributed by atoms with Crippen molar-refractivity contribution in [3.8, 4) is 11.1 Å². The number of fused-ring (bicyclic) bond motifs is 3. The van der Waals surface area contributed by atoms with Crippen molar-refractivity contribution in [2.24, 2.45) is 0 Å². The number of hydrogen-bond donors (Lipinski definition) is 2. The predicted octanol–water partition coefficient (Wildman–Crippen LogP) is 4.45. The van der Waals surface area contributed by atoms with Crippen molar-refractivity contribution in [3.05, 3.63) is 126 Å². The quantitative estimate of drug-likeness (QED) is 0.140. The third kappa shape index (κ3) is 8.06. The van der Waals surface area contributed by atoms with Crippen LogP contribution in [0.2, 0.25) is 0 Å². The van der Waals surface area contributed by atoms with Crippen molar-refractivity contribution in [1.82, 2.24) is 5.32 Å². The van der Waals surface area contributed by atoms with Gasteiger partial charge in [0.15, 0.2) is 12.4 Å². The topological polar surface area (TPSA) is 123 Å². The second-order valence-electron chi connectivity index (χ2n) is 10.4. The Morgan fingerprint density at radius 2 is 1.47 bits per heavy atom. The summed E-state index contributed by atoms with van der Waals surface area (Å²) >= 11 is 0. The minimum atomic E-state index is -4.06. The molecule has 1 aromatic heterocycles. The van der Waals surface area contributed by atoms with Crippen molar-refractivity contribution in [3.63, 3.8) is 0 Å². The van der Waals surface area contributed by atoms with Crippen LogP contribution in [0.1, 0.15) is 34.6 Å². The van der Waals surface area contributed by atoms with Crippen LogP contribution in [-0.2, 0) is 44.0 Å². The number of aromatic nitrogens is 1. The summed E-state index contributed by atoms with van der Waals surface area (Å²) in [4.78, 5) is 26.3. The van der Waals surface area contributed by atoms with Gasteiger partial charge in [-0.3, -0.25) is 4.55 Å². The van der Waals surface area contributed by atoms with Gasteiger partial charge in [0.25, 0.3) is 10.1 Å². The number of esters is 1.